The highest BCUT2D eigenvalue weighted by molar-refractivity contribution is 6.30. The van der Waals surface area contributed by atoms with Crippen molar-refractivity contribution in [3.8, 4) is 0 Å². The molecule has 4 heteroatoms. The van der Waals surface area contributed by atoms with Crippen LogP contribution in [0.5, 0.6) is 0 Å². The summed E-state index contributed by atoms with van der Waals surface area (Å²) in [6.07, 6.45) is -0.235. The molecule has 3 nitrogen and oxygen atoms in total. The summed E-state index contributed by atoms with van der Waals surface area (Å²) in [6, 6.07) is 7.49. The zero-order valence-electron chi connectivity index (χ0n) is 8.93. The molecule has 0 radical (unpaired) electrons. The molecule has 88 valence electrons. The topological polar surface area (TPSA) is 38.7 Å². The molecule has 1 aliphatic heterocycles. The van der Waals surface area contributed by atoms with E-state index in [-0.39, 0.29) is 6.10 Å². The Morgan fingerprint density at radius 2 is 2.31 bits per heavy atom. The van der Waals surface area contributed by atoms with Gasteiger partial charge in [0.05, 0.1) is 25.9 Å². The molecule has 2 rings (SSSR count). The first kappa shape index (κ1) is 11.9. The van der Waals surface area contributed by atoms with Crippen LogP contribution in [-0.2, 0) is 15.9 Å². The third-order valence-electron chi connectivity index (χ3n) is 2.60. The minimum Gasteiger partial charge on any atom is -0.390 e. The summed E-state index contributed by atoms with van der Waals surface area (Å²) in [5.74, 6) is 0. The average molecular weight is 243 g/mol. The molecule has 1 N–H and O–H groups in total. The van der Waals surface area contributed by atoms with Crippen LogP contribution in [0.25, 0.3) is 0 Å². The van der Waals surface area contributed by atoms with E-state index < -0.39 is 6.10 Å². The maximum absolute atomic E-state index is 9.97. The SMILES string of the molecule is OC(Cc1cccc(Cl)c1)C1COCCO1. The standard InChI is InChI=1S/C12H15ClO3/c13-10-3-1-2-9(6-10)7-11(14)12-8-15-4-5-16-12/h1-3,6,11-12,14H,4-5,7-8H2. The van der Waals surface area contributed by atoms with Crippen molar-refractivity contribution in [2.45, 2.75) is 18.6 Å². The quantitative estimate of drug-likeness (QED) is 0.876. The zero-order valence-corrected chi connectivity index (χ0v) is 9.69. The van der Waals surface area contributed by atoms with Crippen molar-refractivity contribution in [2.75, 3.05) is 19.8 Å². The first-order valence-corrected chi connectivity index (χ1v) is 5.75. The van der Waals surface area contributed by atoms with Crippen molar-refractivity contribution >= 4 is 11.6 Å². The second-order valence-corrected chi connectivity index (χ2v) is 4.32. The Morgan fingerprint density at radius 3 is 3.00 bits per heavy atom. The van der Waals surface area contributed by atoms with Gasteiger partial charge in [-0.2, -0.15) is 0 Å². The molecule has 1 heterocycles. The monoisotopic (exact) mass is 242 g/mol. The van der Waals surface area contributed by atoms with E-state index in [4.69, 9.17) is 21.1 Å². The third kappa shape index (κ3) is 3.19. The van der Waals surface area contributed by atoms with Gasteiger partial charge in [0.1, 0.15) is 6.10 Å². The molecule has 0 aliphatic carbocycles. The van der Waals surface area contributed by atoms with Crippen molar-refractivity contribution < 1.29 is 14.6 Å². The fraction of sp³-hybridized carbons (Fsp3) is 0.500. The van der Waals surface area contributed by atoms with Gasteiger partial charge in [-0.05, 0) is 17.7 Å². The number of aliphatic hydroxyl groups excluding tert-OH is 1. The van der Waals surface area contributed by atoms with Crippen LogP contribution >= 0.6 is 11.6 Å². The van der Waals surface area contributed by atoms with Crippen molar-refractivity contribution in [3.05, 3.63) is 34.9 Å². The lowest BCUT2D eigenvalue weighted by atomic mass is 10.0. The predicted octanol–water partition coefficient (Wildman–Crippen LogP) is 1.66. The molecule has 1 aromatic rings. The third-order valence-corrected chi connectivity index (χ3v) is 2.84. The molecular weight excluding hydrogens is 228 g/mol. The molecule has 0 amide bonds. The van der Waals surface area contributed by atoms with Crippen molar-refractivity contribution in [3.63, 3.8) is 0 Å². The molecule has 16 heavy (non-hydrogen) atoms. The second-order valence-electron chi connectivity index (χ2n) is 3.89. The van der Waals surface area contributed by atoms with E-state index in [1.54, 1.807) is 0 Å². The van der Waals surface area contributed by atoms with Crippen LogP contribution in [0.4, 0.5) is 0 Å². The highest BCUT2D eigenvalue weighted by Gasteiger charge is 2.23. The Bertz CT molecular complexity index is 337. The van der Waals surface area contributed by atoms with Crippen LogP contribution in [0.2, 0.25) is 5.02 Å². The zero-order chi connectivity index (χ0) is 11.4. The summed E-state index contributed by atoms with van der Waals surface area (Å²) in [5, 5.41) is 10.7. The van der Waals surface area contributed by atoms with Gasteiger partial charge < -0.3 is 14.6 Å². The van der Waals surface area contributed by atoms with Crippen LogP contribution in [0.1, 0.15) is 5.56 Å². The first-order valence-electron chi connectivity index (χ1n) is 5.37. The molecule has 1 fully saturated rings. The van der Waals surface area contributed by atoms with Gasteiger partial charge in [-0.15, -0.1) is 0 Å². The van der Waals surface area contributed by atoms with Crippen molar-refractivity contribution in [2.24, 2.45) is 0 Å². The van der Waals surface area contributed by atoms with Gasteiger partial charge in [-0.1, -0.05) is 23.7 Å². The van der Waals surface area contributed by atoms with Crippen LogP contribution < -0.4 is 0 Å². The predicted molar refractivity (Wildman–Crippen MR) is 61.7 cm³/mol. The lowest BCUT2D eigenvalue weighted by molar-refractivity contribution is -0.131. The van der Waals surface area contributed by atoms with E-state index in [0.717, 1.165) is 5.56 Å². The minimum atomic E-state index is -0.543. The summed E-state index contributed by atoms with van der Waals surface area (Å²) in [4.78, 5) is 0. The minimum absolute atomic E-state index is 0.229. The molecule has 0 aromatic heterocycles. The van der Waals surface area contributed by atoms with Crippen LogP contribution in [-0.4, -0.2) is 37.1 Å². The molecular formula is C12H15ClO3. The maximum atomic E-state index is 9.97. The van der Waals surface area contributed by atoms with Crippen LogP contribution in [0.3, 0.4) is 0 Å². The first-order chi connectivity index (χ1) is 7.75. The lowest BCUT2D eigenvalue weighted by Gasteiger charge is -2.27. The summed E-state index contributed by atoms with van der Waals surface area (Å²) in [6.45, 7) is 1.62. The highest BCUT2D eigenvalue weighted by Crippen LogP contribution is 2.15. The highest BCUT2D eigenvalue weighted by atomic mass is 35.5. The fourth-order valence-electron chi connectivity index (χ4n) is 1.77. The van der Waals surface area contributed by atoms with Gasteiger partial charge in [0, 0.05) is 11.4 Å². The van der Waals surface area contributed by atoms with E-state index in [9.17, 15) is 5.11 Å². The molecule has 1 aliphatic rings. The van der Waals surface area contributed by atoms with E-state index in [0.29, 0.717) is 31.3 Å². The Labute approximate surface area is 99.9 Å². The van der Waals surface area contributed by atoms with Gasteiger partial charge in [0.15, 0.2) is 0 Å². The smallest absolute Gasteiger partial charge is 0.107 e. The number of rotatable bonds is 3. The van der Waals surface area contributed by atoms with Gasteiger partial charge >= 0.3 is 0 Å². The van der Waals surface area contributed by atoms with E-state index in [1.807, 2.05) is 24.3 Å². The number of ether oxygens (including phenoxy) is 2. The summed E-state index contributed by atoms with van der Waals surface area (Å²) >= 11 is 5.88. The molecule has 2 atom stereocenters. The van der Waals surface area contributed by atoms with Gasteiger partial charge in [-0.25, -0.2) is 0 Å². The van der Waals surface area contributed by atoms with E-state index in [1.165, 1.54) is 0 Å². The fourth-order valence-corrected chi connectivity index (χ4v) is 1.98. The van der Waals surface area contributed by atoms with Gasteiger partial charge in [0.25, 0.3) is 0 Å². The van der Waals surface area contributed by atoms with E-state index >= 15 is 0 Å². The Hall–Kier alpha value is -0.610. The molecule has 0 spiro atoms. The molecule has 1 aromatic carbocycles. The maximum Gasteiger partial charge on any atom is 0.107 e. The molecule has 0 bridgehead atoms. The molecule has 2 unspecified atom stereocenters. The molecule has 0 saturated carbocycles. The lowest BCUT2D eigenvalue weighted by Crippen LogP contribution is -2.39. The van der Waals surface area contributed by atoms with E-state index in [2.05, 4.69) is 0 Å². The van der Waals surface area contributed by atoms with Gasteiger partial charge in [-0.3, -0.25) is 0 Å². The van der Waals surface area contributed by atoms with Crippen LogP contribution in [0, 0.1) is 0 Å². The largest absolute Gasteiger partial charge is 0.390 e. The Kier molecular flexibility index (Phi) is 4.18. The van der Waals surface area contributed by atoms with Crippen molar-refractivity contribution in [1.29, 1.82) is 0 Å². The number of halogens is 1. The van der Waals surface area contributed by atoms with Crippen LogP contribution in [0.15, 0.2) is 24.3 Å². The number of aliphatic hydroxyl groups is 1. The molecule has 1 saturated heterocycles. The van der Waals surface area contributed by atoms with Crippen molar-refractivity contribution in [1.82, 2.24) is 0 Å². The van der Waals surface area contributed by atoms with Gasteiger partial charge in [0.2, 0.25) is 0 Å². The normalized spacial score (nSPS) is 23.0. The Morgan fingerprint density at radius 1 is 1.44 bits per heavy atom. The summed E-state index contributed by atoms with van der Waals surface area (Å²) in [5.41, 5.74) is 1.01. The summed E-state index contributed by atoms with van der Waals surface area (Å²) < 4.78 is 10.7. The number of hydrogen-bond acceptors (Lipinski definition) is 3. The number of hydrogen-bond donors (Lipinski definition) is 1. The number of benzene rings is 1. The average Bonchev–Trinajstić information content (AvgIpc) is 2.30. The second kappa shape index (κ2) is 5.64. The Balaban J connectivity index is 1.93. The summed E-state index contributed by atoms with van der Waals surface area (Å²) in [7, 11) is 0.